The molecule has 2 heterocycles. The van der Waals surface area contributed by atoms with Crippen molar-refractivity contribution >= 4 is 0 Å². The Bertz CT molecular complexity index is 492. The minimum absolute atomic E-state index is 0.227. The molecule has 0 aliphatic heterocycles. The molecule has 4 heteroatoms. The van der Waals surface area contributed by atoms with Crippen LogP contribution in [0.2, 0.25) is 0 Å². The molecule has 2 rings (SSSR count). The van der Waals surface area contributed by atoms with E-state index in [4.69, 9.17) is 0 Å². The van der Waals surface area contributed by atoms with Crippen LogP contribution in [0.1, 0.15) is 51.2 Å². The Morgan fingerprint density at radius 3 is 1.41 bits per heavy atom. The van der Waals surface area contributed by atoms with E-state index < -0.39 is 0 Å². The maximum atomic E-state index is 4.41. The Morgan fingerprint density at radius 1 is 0.682 bits per heavy atom. The van der Waals surface area contributed by atoms with Crippen molar-refractivity contribution in [3.8, 4) is 0 Å². The number of nitrogens with zero attached hydrogens (tertiary/aromatic N) is 2. The lowest BCUT2D eigenvalue weighted by atomic mass is 10.1. The van der Waals surface area contributed by atoms with Gasteiger partial charge in [-0.05, 0) is 52.0 Å². The summed E-state index contributed by atoms with van der Waals surface area (Å²) in [6.07, 6.45) is 3.67. The quantitative estimate of drug-likeness (QED) is 0.824. The summed E-state index contributed by atoms with van der Waals surface area (Å²) in [5.74, 6) is 0. The van der Waals surface area contributed by atoms with Gasteiger partial charge in [0, 0.05) is 36.6 Å². The van der Waals surface area contributed by atoms with Gasteiger partial charge in [0.2, 0.25) is 0 Å². The van der Waals surface area contributed by atoms with Crippen molar-refractivity contribution < 1.29 is 0 Å². The standard InChI is InChI=1S/C18H26N4/c1-13(21-15(3)17-9-5-7-11-19-17)14(2)22-16(4)18-10-6-8-12-20-18/h5-16,21-22H,1-4H3/t13-,14+,15+,16-. The molecule has 4 atom stereocenters. The Balaban J connectivity index is 1.88. The van der Waals surface area contributed by atoms with Gasteiger partial charge in [-0.2, -0.15) is 0 Å². The summed E-state index contributed by atoms with van der Waals surface area (Å²) in [6.45, 7) is 8.69. The molecule has 0 radical (unpaired) electrons. The monoisotopic (exact) mass is 298 g/mol. The predicted molar refractivity (Wildman–Crippen MR) is 90.5 cm³/mol. The van der Waals surface area contributed by atoms with E-state index in [0.717, 1.165) is 11.4 Å². The molecule has 0 saturated heterocycles. The van der Waals surface area contributed by atoms with Crippen molar-refractivity contribution in [3.05, 3.63) is 60.2 Å². The molecule has 2 N–H and O–H groups in total. The SMILES string of the molecule is C[C@H](N[C@H](C)[C@H](C)N[C@H](C)c1ccccn1)c1ccccn1. The highest BCUT2D eigenvalue weighted by Crippen LogP contribution is 2.13. The smallest absolute Gasteiger partial charge is 0.0570 e. The molecule has 0 amide bonds. The van der Waals surface area contributed by atoms with Gasteiger partial charge in [-0.1, -0.05) is 12.1 Å². The number of aromatic nitrogens is 2. The topological polar surface area (TPSA) is 49.8 Å². The van der Waals surface area contributed by atoms with Crippen molar-refractivity contribution in [2.24, 2.45) is 0 Å². The highest BCUT2D eigenvalue weighted by atomic mass is 15.1. The van der Waals surface area contributed by atoms with E-state index >= 15 is 0 Å². The van der Waals surface area contributed by atoms with Crippen molar-refractivity contribution in [2.45, 2.75) is 51.9 Å². The summed E-state index contributed by atoms with van der Waals surface area (Å²) in [6, 6.07) is 13.1. The van der Waals surface area contributed by atoms with E-state index in [2.05, 4.69) is 60.4 Å². The summed E-state index contributed by atoms with van der Waals surface area (Å²) < 4.78 is 0. The molecule has 0 fully saturated rings. The van der Waals surface area contributed by atoms with E-state index in [-0.39, 0.29) is 12.1 Å². The van der Waals surface area contributed by atoms with Gasteiger partial charge in [0.1, 0.15) is 0 Å². The molecular formula is C18H26N4. The zero-order chi connectivity index (χ0) is 15.9. The van der Waals surface area contributed by atoms with Crippen molar-refractivity contribution in [1.29, 1.82) is 0 Å². The molecule has 0 aliphatic rings. The van der Waals surface area contributed by atoms with Crippen LogP contribution in [0.3, 0.4) is 0 Å². The first-order valence-corrected chi connectivity index (χ1v) is 7.92. The van der Waals surface area contributed by atoms with E-state index in [9.17, 15) is 0 Å². The van der Waals surface area contributed by atoms with Crippen LogP contribution in [0.5, 0.6) is 0 Å². The van der Waals surface area contributed by atoms with Crippen LogP contribution in [0.25, 0.3) is 0 Å². The fourth-order valence-electron chi connectivity index (χ4n) is 2.51. The van der Waals surface area contributed by atoms with E-state index in [1.165, 1.54) is 0 Å². The van der Waals surface area contributed by atoms with Crippen molar-refractivity contribution in [3.63, 3.8) is 0 Å². The predicted octanol–water partition coefficient (Wildman–Crippen LogP) is 3.26. The maximum Gasteiger partial charge on any atom is 0.0570 e. The summed E-state index contributed by atoms with van der Waals surface area (Å²) in [4.78, 5) is 8.81. The molecule has 22 heavy (non-hydrogen) atoms. The molecular weight excluding hydrogens is 272 g/mol. The van der Waals surface area contributed by atoms with Gasteiger partial charge in [0.25, 0.3) is 0 Å². The van der Waals surface area contributed by atoms with Crippen LogP contribution < -0.4 is 10.6 Å². The first kappa shape index (κ1) is 16.6. The molecule has 0 aliphatic carbocycles. The van der Waals surface area contributed by atoms with Gasteiger partial charge in [0.15, 0.2) is 0 Å². The lowest BCUT2D eigenvalue weighted by Crippen LogP contribution is -2.46. The molecule has 0 bridgehead atoms. The van der Waals surface area contributed by atoms with Gasteiger partial charge in [-0.3, -0.25) is 9.97 Å². The minimum atomic E-state index is 0.227. The van der Waals surface area contributed by atoms with Crippen molar-refractivity contribution in [1.82, 2.24) is 20.6 Å². The fraction of sp³-hybridized carbons (Fsp3) is 0.444. The van der Waals surface area contributed by atoms with Crippen LogP contribution >= 0.6 is 0 Å². The molecule has 2 aromatic rings. The fourth-order valence-corrected chi connectivity index (χ4v) is 2.51. The van der Waals surface area contributed by atoms with Crippen LogP contribution in [0, 0.1) is 0 Å². The second kappa shape index (κ2) is 8.01. The Hall–Kier alpha value is -1.78. The summed E-state index contributed by atoms with van der Waals surface area (Å²) in [7, 11) is 0. The average Bonchev–Trinajstić information content (AvgIpc) is 2.56. The Labute approximate surface area is 133 Å². The molecule has 0 spiro atoms. The molecule has 118 valence electrons. The molecule has 0 aromatic carbocycles. The normalized spacial score (nSPS) is 16.7. The zero-order valence-corrected chi connectivity index (χ0v) is 13.8. The molecule has 4 nitrogen and oxygen atoms in total. The largest absolute Gasteiger partial charge is 0.305 e. The van der Waals surface area contributed by atoms with Crippen LogP contribution in [0.4, 0.5) is 0 Å². The minimum Gasteiger partial charge on any atom is -0.305 e. The average molecular weight is 298 g/mol. The lowest BCUT2D eigenvalue weighted by molar-refractivity contribution is 0.351. The van der Waals surface area contributed by atoms with Gasteiger partial charge in [0.05, 0.1) is 11.4 Å². The molecule has 0 unspecified atom stereocenters. The van der Waals surface area contributed by atoms with Gasteiger partial charge >= 0.3 is 0 Å². The van der Waals surface area contributed by atoms with Gasteiger partial charge in [-0.15, -0.1) is 0 Å². The van der Waals surface area contributed by atoms with Gasteiger partial charge < -0.3 is 10.6 Å². The lowest BCUT2D eigenvalue weighted by Gasteiger charge is -2.28. The van der Waals surface area contributed by atoms with E-state index in [0.29, 0.717) is 12.1 Å². The third kappa shape index (κ3) is 4.61. The first-order valence-electron chi connectivity index (χ1n) is 7.92. The zero-order valence-electron chi connectivity index (χ0n) is 13.8. The summed E-state index contributed by atoms with van der Waals surface area (Å²) in [5, 5.41) is 7.21. The summed E-state index contributed by atoms with van der Waals surface area (Å²) in [5.41, 5.74) is 2.14. The first-order chi connectivity index (χ1) is 10.6. The van der Waals surface area contributed by atoms with Crippen LogP contribution in [-0.2, 0) is 0 Å². The van der Waals surface area contributed by atoms with E-state index in [1.54, 1.807) is 0 Å². The maximum absolute atomic E-state index is 4.41. The van der Waals surface area contributed by atoms with Crippen LogP contribution in [-0.4, -0.2) is 22.1 Å². The Morgan fingerprint density at radius 2 is 1.09 bits per heavy atom. The number of hydrogen-bond donors (Lipinski definition) is 2. The number of nitrogens with one attached hydrogen (secondary N) is 2. The highest BCUT2D eigenvalue weighted by Gasteiger charge is 2.18. The van der Waals surface area contributed by atoms with E-state index in [1.807, 2.05) is 36.7 Å². The number of pyridine rings is 2. The summed E-state index contributed by atoms with van der Waals surface area (Å²) >= 11 is 0. The number of hydrogen-bond acceptors (Lipinski definition) is 4. The number of rotatable bonds is 7. The third-order valence-electron chi connectivity index (χ3n) is 4.04. The van der Waals surface area contributed by atoms with Crippen molar-refractivity contribution in [2.75, 3.05) is 0 Å². The Kier molecular flexibility index (Phi) is 6.04. The molecule has 0 saturated carbocycles. The van der Waals surface area contributed by atoms with Crippen LogP contribution in [0.15, 0.2) is 48.8 Å². The molecule has 2 aromatic heterocycles. The third-order valence-corrected chi connectivity index (χ3v) is 4.04. The second-order valence-corrected chi connectivity index (χ2v) is 5.86. The van der Waals surface area contributed by atoms with Gasteiger partial charge in [-0.25, -0.2) is 0 Å². The second-order valence-electron chi connectivity index (χ2n) is 5.86. The highest BCUT2D eigenvalue weighted by molar-refractivity contribution is 5.09.